The van der Waals surface area contributed by atoms with Gasteiger partial charge in [-0.2, -0.15) is 0 Å². The second kappa shape index (κ2) is 61.7. The lowest BCUT2D eigenvalue weighted by molar-refractivity contribution is -0.140. The molecule has 302 valence electrons. The van der Waals surface area contributed by atoms with Gasteiger partial charge < -0.3 is 4.74 Å². The van der Waals surface area contributed by atoms with Gasteiger partial charge >= 0.3 is 5.97 Å². The second-order valence-corrected chi connectivity index (χ2v) is 16.2. The van der Waals surface area contributed by atoms with E-state index >= 15 is 0 Å². The van der Waals surface area contributed by atoms with Gasteiger partial charge in [0.25, 0.3) is 0 Å². The fraction of sp³-hybridized carbons (Fsp3) is 0.978. The smallest absolute Gasteiger partial charge is 0.302 e. The number of hydrogen-bond donors (Lipinski definition) is 0. The fourth-order valence-corrected chi connectivity index (χ4v) is 4.24. The van der Waals surface area contributed by atoms with Crippen LogP contribution in [0.15, 0.2) is 0 Å². The molecule has 0 aliphatic heterocycles. The molecule has 48 heavy (non-hydrogen) atoms. The largest absolute Gasteiger partial charge is 0.466 e. The van der Waals surface area contributed by atoms with Crippen LogP contribution < -0.4 is 0 Å². The summed E-state index contributed by atoms with van der Waals surface area (Å²) in [4.78, 5) is 9.82. The van der Waals surface area contributed by atoms with Crippen molar-refractivity contribution in [1.29, 1.82) is 0 Å². The summed E-state index contributed by atoms with van der Waals surface area (Å²) in [5.74, 6) is 6.08. The number of carbonyl (C=O) groups excluding carboxylic acids is 1. The molecule has 0 rings (SSSR count). The van der Waals surface area contributed by atoms with E-state index in [4.69, 9.17) is 0 Å². The first-order valence-electron chi connectivity index (χ1n) is 21.3. The van der Waals surface area contributed by atoms with Gasteiger partial charge in [0.1, 0.15) is 0 Å². The Bertz CT molecular complexity index is 362. The van der Waals surface area contributed by atoms with E-state index < -0.39 is 0 Å². The summed E-state index contributed by atoms with van der Waals surface area (Å²) in [5, 5.41) is 0. The quantitative estimate of drug-likeness (QED) is 0.160. The van der Waals surface area contributed by atoms with E-state index in [1.807, 2.05) is 0 Å². The van der Waals surface area contributed by atoms with Gasteiger partial charge in [0.15, 0.2) is 0 Å². The molecule has 0 fully saturated rings. The van der Waals surface area contributed by atoms with Crippen molar-refractivity contribution in [2.45, 2.75) is 249 Å². The Morgan fingerprint density at radius 1 is 0.333 bits per heavy atom. The van der Waals surface area contributed by atoms with Crippen molar-refractivity contribution in [2.24, 2.45) is 41.4 Å². The summed E-state index contributed by atoms with van der Waals surface area (Å²) in [6.07, 6.45) is 18.9. The van der Waals surface area contributed by atoms with Crippen LogP contribution in [0.2, 0.25) is 0 Å². The number of hydrogen-bond acceptors (Lipinski definition) is 2. The lowest BCUT2D eigenvalue weighted by Gasteiger charge is -1.95. The number of ether oxygens (including phenoxy) is 1. The molecule has 0 N–H and O–H groups in total. The summed E-state index contributed by atoms with van der Waals surface area (Å²) in [6, 6.07) is 0. The Balaban J connectivity index is -0.0000000635. The lowest BCUT2D eigenvalue weighted by Crippen LogP contribution is -1.95. The van der Waals surface area contributed by atoms with Gasteiger partial charge in [-0.05, 0) is 48.3 Å². The van der Waals surface area contributed by atoms with Crippen molar-refractivity contribution in [1.82, 2.24) is 0 Å². The lowest BCUT2D eigenvalue weighted by atomic mass is 10.1. The standard InChI is InChI=1S/7C6H14.C4H8O2/c7*1-4-5-6(2)3;1-3-6-4(2)5/h7*6H,4-5H2,1-3H3;3H2,1-2H3. The Hall–Kier alpha value is -0.530. The monoisotopic (exact) mass is 691 g/mol. The molecule has 0 aliphatic rings. The first-order valence-corrected chi connectivity index (χ1v) is 21.3. The highest BCUT2D eigenvalue weighted by molar-refractivity contribution is 5.65. The molecule has 2 heteroatoms. The van der Waals surface area contributed by atoms with Crippen molar-refractivity contribution in [3.63, 3.8) is 0 Å². The van der Waals surface area contributed by atoms with Gasteiger partial charge in [-0.15, -0.1) is 0 Å². The minimum absolute atomic E-state index is 0.211. The van der Waals surface area contributed by atoms with Crippen molar-refractivity contribution < 1.29 is 9.53 Å². The summed E-state index contributed by atoms with van der Waals surface area (Å²) >= 11 is 0. The average Bonchev–Trinajstić information content (AvgIpc) is 2.90. The molecule has 0 aromatic rings. The molecule has 0 amide bonds. The third-order valence-corrected chi connectivity index (χ3v) is 6.41. The van der Waals surface area contributed by atoms with Crippen LogP contribution in [0, 0.1) is 41.4 Å². The van der Waals surface area contributed by atoms with Crippen LogP contribution >= 0.6 is 0 Å². The van der Waals surface area contributed by atoms with Gasteiger partial charge in [0.05, 0.1) is 6.61 Å². The maximum absolute atomic E-state index is 9.82. The molecule has 0 saturated heterocycles. The number of esters is 1. The van der Waals surface area contributed by atoms with E-state index in [-0.39, 0.29) is 5.97 Å². The Labute approximate surface area is 311 Å². The van der Waals surface area contributed by atoms with E-state index in [9.17, 15) is 4.79 Å². The van der Waals surface area contributed by atoms with E-state index in [1.54, 1.807) is 6.92 Å². The summed E-state index contributed by atoms with van der Waals surface area (Å²) in [5.41, 5.74) is 0. The summed E-state index contributed by atoms with van der Waals surface area (Å²) in [7, 11) is 0. The van der Waals surface area contributed by atoms with Crippen LogP contribution in [-0.4, -0.2) is 12.6 Å². The Morgan fingerprint density at radius 3 is 0.458 bits per heavy atom. The highest BCUT2D eigenvalue weighted by atomic mass is 16.5. The molecule has 0 spiro atoms. The van der Waals surface area contributed by atoms with E-state index in [2.05, 4.69) is 150 Å². The molecule has 0 bridgehead atoms. The summed E-state index contributed by atoms with van der Waals surface area (Å²) < 4.78 is 4.40. The molecular formula is C46H106O2. The van der Waals surface area contributed by atoms with E-state index in [0.717, 1.165) is 41.4 Å². The zero-order valence-electron chi connectivity index (χ0n) is 39.0. The molecular weight excluding hydrogens is 585 g/mol. The highest BCUT2D eigenvalue weighted by Gasteiger charge is 1.89. The minimum Gasteiger partial charge on any atom is -0.466 e. The first kappa shape index (κ1) is 65.8. The molecule has 0 unspecified atom stereocenters. The topological polar surface area (TPSA) is 26.3 Å². The van der Waals surface area contributed by atoms with E-state index in [1.165, 1.54) is 96.8 Å². The Morgan fingerprint density at radius 2 is 0.458 bits per heavy atom. The van der Waals surface area contributed by atoms with Crippen molar-refractivity contribution >= 4 is 5.97 Å². The molecule has 0 aromatic heterocycles. The van der Waals surface area contributed by atoms with Crippen molar-refractivity contribution in [3.05, 3.63) is 0 Å². The minimum atomic E-state index is -0.211. The molecule has 2 nitrogen and oxygen atoms in total. The van der Waals surface area contributed by atoms with Gasteiger partial charge in [0, 0.05) is 6.92 Å². The van der Waals surface area contributed by atoms with Crippen LogP contribution in [0.1, 0.15) is 249 Å². The number of carbonyl (C=O) groups is 1. The molecule has 0 radical (unpaired) electrons. The third kappa shape index (κ3) is 163. The zero-order valence-corrected chi connectivity index (χ0v) is 39.0. The summed E-state index contributed by atoms with van der Waals surface area (Å²) in [6.45, 7) is 50.8. The van der Waals surface area contributed by atoms with Crippen molar-refractivity contribution in [2.75, 3.05) is 6.61 Å². The molecule has 0 aliphatic carbocycles. The zero-order chi connectivity index (χ0) is 39.9. The van der Waals surface area contributed by atoms with Crippen LogP contribution in [0.4, 0.5) is 0 Å². The third-order valence-electron chi connectivity index (χ3n) is 6.41. The normalized spacial score (nSPS) is 9.71. The predicted molar refractivity (Wildman–Crippen MR) is 231 cm³/mol. The maximum atomic E-state index is 9.82. The van der Waals surface area contributed by atoms with Crippen molar-refractivity contribution in [3.8, 4) is 0 Å². The Kier molecular flexibility index (Phi) is 84.5. The fourth-order valence-electron chi connectivity index (χ4n) is 4.24. The van der Waals surface area contributed by atoms with Crippen LogP contribution in [0.3, 0.4) is 0 Å². The van der Waals surface area contributed by atoms with Gasteiger partial charge in [0.2, 0.25) is 0 Å². The first-order chi connectivity index (χ1) is 22.2. The predicted octanol–water partition coefficient (Wildman–Crippen LogP) is 17.7. The SMILES string of the molecule is CCCC(C)C.CCCC(C)C.CCCC(C)C.CCCC(C)C.CCCC(C)C.CCCC(C)C.CCCC(C)C.CCOC(C)=O. The maximum Gasteiger partial charge on any atom is 0.302 e. The van der Waals surface area contributed by atoms with Crippen LogP contribution in [-0.2, 0) is 9.53 Å². The van der Waals surface area contributed by atoms with E-state index in [0.29, 0.717) is 6.61 Å². The highest BCUT2D eigenvalue weighted by Crippen LogP contribution is 2.03. The molecule has 0 aromatic carbocycles. The van der Waals surface area contributed by atoms with Crippen LogP contribution in [0.5, 0.6) is 0 Å². The average molecular weight is 691 g/mol. The molecule has 0 heterocycles. The van der Waals surface area contributed by atoms with Gasteiger partial charge in [-0.1, -0.05) is 235 Å². The second-order valence-electron chi connectivity index (χ2n) is 16.2. The van der Waals surface area contributed by atoms with Crippen LogP contribution in [0.25, 0.3) is 0 Å². The van der Waals surface area contributed by atoms with Gasteiger partial charge in [-0.3, -0.25) is 4.79 Å². The molecule has 0 saturated carbocycles. The van der Waals surface area contributed by atoms with Gasteiger partial charge in [-0.25, -0.2) is 0 Å². The number of rotatable bonds is 15. The molecule has 0 atom stereocenters.